The molecule has 1 atom stereocenters. The molecule has 0 aromatic rings. The summed E-state index contributed by atoms with van der Waals surface area (Å²) in [5.41, 5.74) is 4.48. The lowest BCUT2D eigenvalue weighted by atomic mass is 9.72. The van der Waals surface area contributed by atoms with E-state index in [0.717, 1.165) is 11.1 Å². The minimum absolute atomic E-state index is 0.170. The second-order valence-corrected chi connectivity index (χ2v) is 11.9. The topological polar surface area (TPSA) is 93.7 Å². The maximum Gasteiger partial charge on any atom is 0.408 e. The third-order valence-electron chi connectivity index (χ3n) is 6.53. The summed E-state index contributed by atoms with van der Waals surface area (Å²) in [5.74, 6) is -0.698. The molecular weight excluding hydrogens is 492 g/mol. The molecule has 0 saturated carbocycles. The highest BCUT2D eigenvalue weighted by molar-refractivity contribution is 5.88. The summed E-state index contributed by atoms with van der Waals surface area (Å²) < 4.78 is 9.99. The van der Waals surface area contributed by atoms with E-state index < -0.39 is 23.7 Å². The lowest BCUT2D eigenvalue weighted by Gasteiger charge is -2.32. The number of rotatable bonds is 12. The van der Waals surface area contributed by atoms with Crippen LogP contribution in [-0.2, 0) is 19.1 Å². The highest BCUT2D eigenvalue weighted by Crippen LogP contribution is 2.40. The molecule has 7 nitrogen and oxygen atoms in total. The minimum Gasteiger partial charge on any atom is -0.467 e. The van der Waals surface area contributed by atoms with Gasteiger partial charge in [0, 0.05) is 12.6 Å². The second-order valence-electron chi connectivity index (χ2n) is 11.9. The predicted octanol–water partition coefficient (Wildman–Crippen LogP) is 6.87. The molecule has 2 amide bonds. The number of ether oxygens (including phenoxy) is 2. The monoisotopic (exact) mass is 542 g/mol. The first-order valence-electron chi connectivity index (χ1n) is 13.9. The number of allylic oxidation sites excluding steroid dienone is 9. The van der Waals surface area contributed by atoms with E-state index in [1.807, 2.05) is 25.2 Å². The summed E-state index contributed by atoms with van der Waals surface area (Å²) in [6.07, 6.45) is 16.5. The summed E-state index contributed by atoms with van der Waals surface area (Å²) >= 11 is 0. The summed E-state index contributed by atoms with van der Waals surface area (Å²) in [7, 11) is 1.28. The van der Waals surface area contributed by atoms with Crippen molar-refractivity contribution in [1.29, 1.82) is 0 Å². The van der Waals surface area contributed by atoms with Crippen molar-refractivity contribution in [3.8, 4) is 0 Å². The molecule has 0 radical (unpaired) electrons. The number of nitrogens with one attached hydrogen (secondary N) is 2. The molecule has 0 unspecified atom stereocenters. The molecule has 2 N–H and O–H groups in total. The van der Waals surface area contributed by atoms with E-state index in [1.165, 1.54) is 37.5 Å². The van der Waals surface area contributed by atoms with E-state index >= 15 is 0 Å². The Balaban J connectivity index is 2.49. The summed E-state index contributed by atoms with van der Waals surface area (Å²) in [6, 6.07) is -0.797. The van der Waals surface area contributed by atoms with Crippen molar-refractivity contribution in [3.05, 3.63) is 58.7 Å². The van der Waals surface area contributed by atoms with Gasteiger partial charge < -0.3 is 20.1 Å². The quantitative estimate of drug-likeness (QED) is 0.121. The molecule has 0 heterocycles. The average Bonchev–Trinajstić information content (AvgIpc) is 2.80. The van der Waals surface area contributed by atoms with Gasteiger partial charge in [-0.2, -0.15) is 0 Å². The van der Waals surface area contributed by atoms with Crippen molar-refractivity contribution in [2.24, 2.45) is 5.41 Å². The Bertz CT molecular complexity index is 1010. The van der Waals surface area contributed by atoms with E-state index in [9.17, 15) is 14.4 Å². The van der Waals surface area contributed by atoms with Crippen LogP contribution >= 0.6 is 0 Å². The van der Waals surface area contributed by atoms with Gasteiger partial charge in [-0.1, -0.05) is 55.4 Å². The zero-order chi connectivity index (χ0) is 29.6. The number of amides is 2. The van der Waals surface area contributed by atoms with Crippen LogP contribution in [-0.4, -0.2) is 43.3 Å². The van der Waals surface area contributed by atoms with E-state index in [0.29, 0.717) is 25.8 Å². The number of hydrogen-bond donors (Lipinski definition) is 2. The number of esters is 1. The molecule has 0 bridgehead atoms. The van der Waals surface area contributed by atoms with Crippen LogP contribution in [0.5, 0.6) is 0 Å². The first-order chi connectivity index (χ1) is 18.1. The lowest BCUT2D eigenvalue weighted by molar-refractivity contribution is -0.143. The first kappa shape index (κ1) is 33.9. The van der Waals surface area contributed by atoms with Gasteiger partial charge in [0.05, 0.1) is 7.11 Å². The molecule has 0 aromatic carbocycles. The summed E-state index contributed by atoms with van der Waals surface area (Å²) in [4.78, 5) is 36.2. The van der Waals surface area contributed by atoms with Crippen molar-refractivity contribution in [3.63, 3.8) is 0 Å². The SMILES string of the molecule is COC(=O)[C@H](CCCCNC(=O)/C=C(C)/C=C/C=C(C)/C=C/C1=C(C)CCCC1(C)C)NC(=O)OC(C)(C)C. The van der Waals surface area contributed by atoms with Crippen LogP contribution in [0.4, 0.5) is 4.79 Å². The van der Waals surface area contributed by atoms with Crippen molar-refractivity contribution in [1.82, 2.24) is 10.6 Å². The van der Waals surface area contributed by atoms with Crippen molar-refractivity contribution < 1.29 is 23.9 Å². The van der Waals surface area contributed by atoms with Gasteiger partial charge >= 0.3 is 12.1 Å². The van der Waals surface area contributed by atoms with Crippen LogP contribution in [0.2, 0.25) is 0 Å². The van der Waals surface area contributed by atoms with E-state index in [4.69, 9.17) is 9.47 Å². The standard InChI is InChI=1S/C32H50N2O5/c1-23(18-19-26-25(3)16-13-20-32(26,7)8)14-12-15-24(2)22-28(35)33-21-11-10-17-27(29(36)38-9)34-30(37)39-31(4,5)6/h12,14-15,18-19,22,27H,10-11,13,16-17,20-21H2,1-9H3,(H,33,35)(H,34,37)/b15-12+,19-18+,23-14+,24-22+/t27-/m0/s1. The molecule has 1 aliphatic carbocycles. The number of methoxy groups -OCH3 is 1. The Kier molecular flexibility index (Phi) is 14.0. The normalized spacial score (nSPS) is 17.4. The Hall–Kier alpha value is -3.09. The van der Waals surface area contributed by atoms with Gasteiger partial charge in [-0.3, -0.25) is 4.79 Å². The van der Waals surface area contributed by atoms with Gasteiger partial charge in [-0.25, -0.2) is 9.59 Å². The smallest absolute Gasteiger partial charge is 0.408 e. The van der Waals surface area contributed by atoms with Crippen LogP contribution in [0.15, 0.2) is 58.7 Å². The van der Waals surface area contributed by atoms with Gasteiger partial charge in [-0.05, 0) is 96.6 Å². The van der Waals surface area contributed by atoms with Gasteiger partial charge in [0.1, 0.15) is 11.6 Å². The van der Waals surface area contributed by atoms with Crippen molar-refractivity contribution >= 4 is 18.0 Å². The first-order valence-corrected chi connectivity index (χ1v) is 13.9. The van der Waals surface area contributed by atoms with Crippen LogP contribution in [0.1, 0.15) is 93.9 Å². The van der Waals surface area contributed by atoms with Crippen LogP contribution in [0.25, 0.3) is 0 Å². The molecule has 39 heavy (non-hydrogen) atoms. The Morgan fingerprint density at radius 3 is 2.38 bits per heavy atom. The molecule has 7 heteroatoms. The molecular formula is C32H50N2O5. The fourth-order valence-electron chi connectivity index (χ4n) is 4.46. The molecule has 218 valence electrons. The molecule has 0 spiro atoms. The fraction of sp³-hybridized carbons (Fsp3) is 0.594. The molecule has 0 fully saturated rings. The summed E-state index contributed by atoms with van der Waals surface area (Å²) in [6.45, 7) is 16.5. The Morgan fingerprint density at radius 1 is 1.08 bits per heavy atom. The van der Waals surface area contributed by atoms with Crippen LogP contribution < -0.4 is 10.6 Å². The highest BCUT2D eigenvalue weighted by atomic mass is 16.6. The predicted molar refractivity (Wildman–Crippen MR) is 158 cm³/mol. The zero-order valence-electron chi connectivity index (χ0n) is 25.5. The maximum absolute atomic E-state index is 12.2. The van der Waals surface area contributed by atoms with Crippen LogP contribution in [0, 0.1) is 5.41 Å². The molecule has 0 aromatic heterocycles. The third kappa shape index (κ3) is 14.0. The second kappa shape index (κ2) is 16.1. The van der Waals surface area contributed by atoms with E-state index in [2.05, 4.69) is 50.5 Å². The molecule has 1 rings (SSSR count). The van der Waals surface area contributed by atoms with Gasteiger partial charge in [-0.15, -0.1) is 0 Å². The fourth-order valence-corrected chi connectivity index (χ4v) is 4.46. The molecule has 1 aliphatic rings. The van der Waals surface area contributed by atoms with Crippen molar-refractivity contribution in [2.75, 3.05) is 13.7 Å². The number of hydrogen-bond acceptors (Lipinski definition) is 5. The minimum atomic E-state index is -0.797. The third-order valence-corrected chi connectivity index (χ3v) is 6.53. The Morgan fingerprint density at radius 2 is 1.77 bits per heavy atom. The number of carbonyl (C=O) groups excluding carboxylic acids is 3. The van der Waals surface area contributed by atoms with E-state index in [1.54, 1.807) is 26.8 Å². The number of unbranched alkanes of at least 4 members (excludes halogenated alkanes) is 1. The number of alkyl carbamates (subject to hydrolysis) is 1. The average molecular weight is 543 g/mol. The van der Waals surface area contributed by atoms with Gasteiger partial charge in [0.25, 0.3) is 0 Å². The Labute approximate surface area is 235 Å². The lowest BCUT2D eigenvalue weighted by Crippen LogP contribution is -2.44. The van der Waals surface area contributed by atoms with Crippen LogP contribution in [0.3, 0.4) is 0 Å². The summed E-state index contributed by atoms with van der Waals surface area (Å²) in [5, 5.41) is 5.42. The van der Waals surface area contributed by atoms with E-state index in [-0.39, 0.29) is 11.3 Å². The number of carbonyl (C=O) groups is 3. The highest BCUT2D eigenvalue weighted by Gasteiger charge is 2.26. The van der Waals surface area contributed by atoms with Gasteiger partial charge in [0.2, 0.25) is 5.91 Å². The van der Waals surface area contributed by atoms with Gasteiger partial charge in [0.15, 0.2) is 0 Å². The maximum atomic E-state index is 12.2. The zero-order valence-corrected chi connectivity index (χ0v) is 25.5. The molecule has 0 saturated heterocycles. The van der Waals surface area contributed by atoms with Crippen molar-refractivity contribution in [2.45, 2.75) is 106 Å². The molecule has 0 aliphatic heterocycles. The largest absolute Gasteiger partial charge is 0.467 e.